The molecule has 1 atom stereocenters. The van der Waals surface area contributed by atoms with Crippen molar-refractivity contribution in [3.63, 3.8) is 0 Å². The van der Waals surface area contributed by atoms with E-state index in [1.807, 2.05) is 6.08 Å². The minimum Gasteiger partial charge on any atom is -0.324 e. The molecule has 0 fully saturated rings. The van der Waals surface area contributed by atoms with Gasteiger partial charge in [0.05, 0.1) is 0 Å². The van der Waals surface area contributed by atoms with E-state index in [1.54, 1.807) is 0 Å². The second kappa shape index (κ2) is 13.2. The fourth-order valence-corrected chi connectivity index (χ4v) is 2.38. The molecule has 1 unspecified atom stereocenters. The lowest BCUT2D eigenvalue weighted by molar-refractivity contribution is 0.285. The van der Waals surface area contributed by atoms with Crippen LogP contribution in [0.25, 0.3) is 0 Å². The Bertz CT molecular complexity index is 201. The van der Waals surface area contributed by atoms with Crippen LogP contribution < -0.4 is 5.73 Å². The van der Waals surface area contributed by atoms with Crippen LogP contribution in [0.5, 0.6) is 0 Å². The van der Waals surface area contributed by atoms with E-state index >= 15 is 0 Å². The van der Waals surface area contributed by atoms with Crippen molar-refractivity contribution in [2.45, 2.75) is 91.0 Å². The molecule has 0 radical (unpaired) electrons. The first-order chi connectivity index (χ1) is 8.54. The summed E-state index contributed by atoms with van der Waals surface area (Å²) in [5.41, 5.74) is 6.25. The van der Waals surface area contributed by atoms with Gasteiger partial charge in [-0.1, -0.05) is 84.6 Å². The lowest BCUT2D eigenvalue weighted by Crippen LogP contribution is -2.35. The van der Waals surface area contributed by atoms with Crippen molar-refractivity contribution in [1.29, 1.82) is 0 Å². The summed E-state index contributed by atoms with van der Waals surface area (Å²) in [6.07, 6.45) is 15.6. The second-order valence-electron chi connectivity index (χ2n) is 6.33. The van der Waals surface area contributed by atoms with Crippen LogP contribution in [0, 0.1) is 5.41 Å². The number of hydrogen-bond acceptors (Lipinski definition) is 1. The summed E-state index contributed by atoms with van der Waals surface area (Å²) in [7, 11) is 0. The zero-order chi connectivity index (χ0) is 13.9. The first kappa shape index (κ1) is 21.5. The Morgan fingerprint density at radius 3 is 1.79 bits per heavy atom. The zero-order valence-corrected chi connectivity index (χ0v) is 15.1. The summed E-state index contributed by atoms with van der Waals surface area (Å²) in [6, 6.07) is 0.131. The van der Waals surface area contributed by atoms with Crippen LogP contribution in [0.4, 0.5) is 0 Å². The maximum Gasteiger partial charge on any atom is 0.0273 e. The normalized spacial score (nSPS) is 12.8. The van der Waals surface area contributed by atoms with Gasteiger partial charge in [-0.15, -0.1) is 23.6 Å². The highest BCUT2D eigenvalue weighted by atomic mass is 79.9. The monoisotopic (exact) mass is 333 g/mol. The Morgan fingerprint density at radius 2 is 1.37 bits per heavy atom. The molecule has 0 aliphatic carbocycles. The van der Waals surface area contributed by atoms with Gasteiger partial charge in [-0.2, -0.15) is 0 Å². The molecule has 0 aromatic heterocycles. The van der Waals surface area contributed by atoms with E-state index in [2.05, 4.69) is 27.4 Å². The van der Waals surface area contributed by atoms with Crippen LogP contribution >= 0.6 is 17.0 Å². The van der Waals surface area contributed by atoms with Crippen molar-refractivity contribution in [3.05, 3.63) is 12.7 Å². The van der Waals surface area contributed by atoms with Gasteiger partial charge in [-0.25, -0.2) is 0 Å². The molecule has 116 valence electrons. The van der Waals surface area contributed by atoms with Crippen LogP contribution in [0.3, 0.4) is 0 Å². The molecule has 0 amide bonds. The van der Waals surface area contributed by atoms with E-state index in [4.69, 9.17) is 5.73 Å². The van der Waals surface area contributed by atoms with E-state index in [-0.39, 0.29) is 28.4 Å². The first-order valence-corrected chi connectivity index (χ1v) is 7.92. The third-order valence-electron chi connectivity index (χ3n) is 4.08. The molecule has 0 heterocycles. The Labute approximate surface area is 132 Å². The fraction of sp³-hybridized carbons (Fsp3) is 0.882. The average Bonchev–Trinajstić information content (AvgIpc) is 2.35. The van der Waals surface area contributed by atoms with Gasteiger partial charge in [-0.3, -0.25) is 0 Å². The van der Waals surface area contributed by atoms with Crippen LogP contribution in [0.15, 0.2) is 12.7 Å². The highest BCUT2D eigenvalue weighted by Crippen LogP contribution is 2.27. The Kier molecular flexibility index (Phi) is 14.9. The standard InChI is InChI=1S/C17H35N.BrH/c1-5-7-8-9-10-11-12-13-14-15-17(3,4)16(18)6-2;/h6,16H,2,5,7-15,18H2,1,3-4H3;1H. The number of halogens is 1. The van der Waals surface area contributed by atoms with Crippen molar-refractivity contribution < 1.29 is 0 Å². The maximum absolute atomic E-state index is 6.04. The maximum atomic E-state index is 6.04. The van der Waals surface area contributed by atoms with Crippen LogP contribution in [-0.4, -0.2) is 6.04 Å². The van der Waals surface area contributed by atoms with Gasteiger partial charge in [0.25, 0.3) is 0 Å². The molecule has 0 saturated carbocycles. The van der Waals surface area contributed by atoms with E-state index in [1.165, 1.54) is 64.2 Å². The molecule has 0 saturated heterocycles. The third kappa shape index (κ3) is 11.7. The summed E-state index contributed by atoms with van der Waals surface area (Å²) >= 11 is 0. The first-order valence-electron chi connectivity index (χ1n) is 7.92. The summed E-state index contributed by atoms with van der Waals surface area (Å²) in [6.45, 7) is 10.6. The number of nitrogens with two attached hydrogens (primary N) is 1. The second-order valence-corrected chi connectivity index (χ2v) is 6.33. The Balaban J connectivity index is 0. The van der Waals surface area contributed by atoms with Crippen LogP contribution in [-0.2, 0) is 0 Å². The molecular formula is C17H36BrN. The zero-order valence-electron chi connectivity index (χ0n) is 13.4. The van der Waals surface area contributed by atoms with Gasteiger partial charge < -0.3 is 5.73 Å². The molecule has 0 aromatic carbocycles. The number of unbranched alkanes of at least 4 members (excludes halogenated alkanes) is 8. The van der Waals surface area contributed by atoms with E-state index in [0.717, 1.165) is 0 Å². The molecular weight excluding hydrogens is 298 g/mol. The molecule has 1 nitrogen and oxygen atoms in total. The number of hydrogen-bond donors (Lipinski definition) is 1. The molecule has 0 aromatic rings. The Hall–Kier alpha value is 0.180. The summed E-state index contributed by atoms with van der Waals surface area (Å²) < 4.78 is 0. The predicted octanol–water partition coefficient (Wildman–Crippen LogP) is 6.02. The van der Waals surface area contributed by atoms with E-state index in [9.17, 15) is 0 Å². The minimum atomic E-state index is 0. The molecule has 2 N–H and O–H groups in total. The molecule has 0 spiro atoms. The lowest BCUT2D eigenvalue weighted by Gasteiger charge is -2.29. The smallest absolute Gasteiger partial charge is 0.0273 e. The van der Waals surface area contributed by atoms with E-state index in [0.29, 0.717) is 0 Å². The molecule has 19 heavy (non-hydrogen) atoms. The van der Waals surface area contributed by atoms with Crippen molar-refractivity contribution >= 4 is 17.0 Å². The lowest BCUT2D eigenvalue weighted by atomic mass is 9.80. The SMILES string of the molecule is Br.C=CC(N)C(C)(C)CCCCCCCCCCC. The topological polar surface area (TPSA) is 26.0 Å². The molecule has 0 rings (SSSR count). The Morgan fingerprint density at radius 1 is 0.947 bits per heavy atom. The van der Waals surface area contributed by atoms with Gasteiger partial charge in [0.2, 0.25) is 0 Å². The minimum absolute atomic E-state index is 0. The predicted molar refractivity (Wildman–Crippen MR) is 94.1 cm³/mol. The van der Waals surface area contributed by atoms with E-state index < -0.39 is 0 Å². The molecule has 2 heteroatoms. The fourth-order valence-electron chi connectivity index (χ4n) is 2.38. The highest BCUT2D eigenvalue weighted by molar-refractivity contribution is 8.93. The van der Waals surface area contributed by atoms with Gasteiger partial charge in [-0.05, 0) is 11.8 Å². The molecule has 0 aliphatic heterocycles. The van der Waals surface area contributed by atoms with Crippen molar-refractivity contribution in [2.75, 3.05) is 0 Å². The van der Waals surface area contributed by atoms with Crippen molar-refractivity contribution in [1.82, 2.24) is 0 Å². The summed E-state index contributed by atoms with van der Waals surface area (Å²) in [4.78, 5) is 0. The summed E-state index contributed by atoms with van der Waals surface area (Å²) in [5.74, 6) is 0. The van der Waals surface area contributed by atoms with Gasteiger partial charge in [0, 0.05) is 6.04 Å². The quantitative estimate of drug-likeness (QED) is 0.342. The summed E-state index contributed by atoms with van der Waals surface area (Å²) in [5, 5.41) is 0. The van der Waals surface area contributed by atoms with Gasteiger partial charge in [0.1, 0.15) is 0 Å². The van der Waals surface area contributed by atoms with Crippen molar-refractivity contribution in [3.8, 4) is 0 Å². The largest absolute Gasteiger partial charge is 0.324 e. The molecule has 0 aliphatic rings. The van der Waals surface area contributed by atoms with Crippen molar-refractivity contribution in [2.24, 2.45) is 11.1 Å². The van der Waals surface area contributed by atoms with Crippen LogP contribution in [0.1, 0.15) is 85.0 Å². The number of rotatable bonds is 12. The highest BCUT2D eigenvalue weighted by Gasteiger charge is 2.23. The average molecular weight is 334 g/mol. The molecule has 0 bridgehead atoms. The van der Waals surface area contributed by atoms with Crippen LogP contribution in [0.2, 0.25) is 0 Å². The van der Waals surface area contributed by atoms with Gasteiger partial charge in [0.15, 0.2) is 0 Å². The third-order valence-corrected chi connectivity index (χ3v) is 4.08. The van der Waals surface area contributed by atoms with Gasteiger partial charge >= 0.3 is 0 Å².